The van der Waals surface area contributed by atoms with E-state index in [9.17, 15) is 4.79 Å². The van der Waals surface area contributed by atoms with E-state index in [2.05, 4.69) is 26.6 Å². The molecule has 0 aromatic heterocycles. The van der Waals surface area contributed by atoms with Crippen LogP contribution >= 0.6 is 15.9 Å². The molecular formula is C19H23BrN2O3. The molecule has 0 saturated heterocycles. The van der Waals surface area contributed by atoms with Gasteiger partial charge in [0.25, 0.3) is 0 Å². The van der Waals surface area contributed by atoms with Crippen molar-refractivity contribution < 1.29 is 14.3 Å². The largest absolute Gasteiger partial charge is 0.496 e. The Kier molecular flexibility index (Phi) is 6.84. The van der Waals surface area contributed by atoms with E-state index in [1.165, 1.54) is 0 Å². The highest BCUT2D eigenvalue weighted by Crippen LogP contribution is 2.28. The van der Waals surface area contributed by atoms with E-state index < -0.39 is 0 Å². The van der Waals surface area contributed by atoms with E-state index in [-0.39, 0.29) is 18.0 Å². The number of anilines is 1. The molecule has 5 nitrogen and oxygen atoms in total. The molecular weight excluding hydrogens is 384 g/mol. The number of halogens is 1. The zero-order valence-corrected chi connectivity index (χ0v) is 16.4. The zero-order valence-electron chi connectivity index (χ0n) is 14.8. The topological polar surface area (TPSA) is 59.6 Å². The Morgan fingerprint density at radius 2 is 1.72 bits per heavy atom. The molecule has 0 fully saturated rings. The lowest BCUT2D eigenvalue weighted by atomic mass is 10.1. The highest BCUT2D eigenvalue weighted by atomic mass is 79.9. The van der Waals surface area contributed by atoms with Gasteiger partial charge >= 0.3 is 0 Å². The summed E-state index contributed by atoms with van der Waals surface area (Å²) >= 11 is 3.48. The molecule has 0 unspecified atom stereocenters. The van der Waals surface area contributed by atoms with Crippen molar-refractivity contribution in [2.45, 2.75) is 25.9 Å². The third kappa shape index (κ3) is 4.96. The fourth-order valence-corrected chi connectivity index (χ4v) is 3.05. The Balaban J connectivity index is 2.01. The van der Waals surface area contributed by atoms with Gasteiger partial charge in [0.1, 0.15) is 11.5 Å². The molecule has 0 aliphatic heterocycles. The summed E-state index contributed by atoms with van der Waals surface area (Å²) in [6.07, 6.45) is 0. The third-order valence-electron chi connectivity index (χ3n) is 3.93. The molecule has 6 heteroatoms. The first-order valence-electron chi connectivity index (χ1n) is 7.99. The van der Waals surface area contributed by atoms with E-state index in [0.29, 0.717) is 11.4 Å². The van der Waals surface area contributed by atoms with E-state index >= 15 is 0 Å². The first-order chi connectivity index (χ1) is 12.0. The number of carbonyl (C=O) groups is 1. The highest BCUT2D eigenvalue weighted by Gasteiger charge is 2.18. The van der Waals surface area contributed by atoms with Gasteiger partial charge in [-0.1, -0.05) is 18.2 Å². The van der Waals surface area contributed by atoms with Gasteiger partial charge in [-0.15, -0.1) is 0 Å². The standard InChI is InChI=1S/C19H23BrN2O3/c1-12(14-9-10-17(24-3)15(20)11-14)21-13(2)19(23)22-16-7-5-6-8-18(16)25-4/h5-13,21H,1-4H3,(H,22,23)/t12-,13+/m1/s1. The second kappa shape index (κ2) is 8.87. The number of rotatable bonds is 7. The maximum absolute atomic E-state index is 12.5. The van der Waals surface area contributed by atoms with E-state index in [1.54, 1.807) is 14.2 Å². The van der Waals surface area contributed by atoms with Gasteiger partial charge in [0.05, 0.1) is 30.4 Å². The van der Waals surface area contributed by atoms with Gasteiger partial charge in [0.15, 0.2) is 0 Å². The van der Waals surface area contributed by atoms with Crippen molar-refractivity contribution >= 4 is 27.5 Å². The Labute approximate surface area is 156 Å². The van der Waals surface area contributed by atoms with Crippen LogP contribution < -0.4 is 20.1 Å². The van der Waals surface area contributed by atoms with E-state index in [4.69, 9.17) is 9.47 Å². The molecule has 0 saturated carbocycles. The number of ether oxygens (including phenoxy) is 2. The molecule has 2 aromatic carbocycles. The van der Waals surface area contributed by atoms with Crippen LogP contribution in [0.15, 0.2) is 46.9 Å². The van der Waals surface area contributed by atoms with E-state index in [1.807, 2.05) is 56.3 Å². The fraction of sp³-hybridized carbons (Fsp3) is 0.316. The van der Waals surface area contributed by atoms with Crippen LogP contribution in [-0.2, 0) is 4.79 Å². The Morgan fingerprint density at radius 3 is 2.36 bits per heavy atom. The van der Waals surface area contributed by atoms with Crippen molar-refractivity contribution in [2.75, 3.05) is 19.5 Å². The third-order valence-corrected chi connectivity index (χ3v) is 4.55. The number of amides is 1. The predicted molar refractivity (Wildman–Crippen MR) is 103 cm³/mol. The SMILES string of the molecule is COc1ccc([C@@H](C)N[C@@H](C)C(=O)Nc2ccccc2OC)cc1Br. The van der Waals surface area contributed by atoms with Crippen LogP contribution in [0, 0.1) is 0 Å². The minimum absolute atomic E-state index is 0.000579. The molecule has 0 aliphatic carbocycles. The summed E-state index contributed by atoms with van der Waals surface area (Å²) in [6, 6.07) is 12.8. The summed E-state index contributed by atoms with van der Waals surface area (Å²) in [5, 5.41) is 6.20. The Hall–Kier alpha value is -2.05. The smallest absolute Gasteiger partial charge is 0.241 e. The lowest BCUT2D eigenvalue weighted by molar-refractivity contribution is -0.117. The van der Waals surface area contributed by atoms with Crippen molar-refractivity contribution in [3.63, 3.8) is 0 Å². The minimum Gasteiger partial charge on any atom is -0.496 e. The molecule has 0 bridgehead atoms. The first-order valence-corrected chi connectivity index (χ1v) is 8.79. The number of para-hydroxylation sites is 2. The number of hydrogen-bond acceptors (Lipinski definition) is 4. The maximum Gasteiger partial charge on any atom is 0.241 e. The van der Waals surface area contributed by atoms with Crippen molar-refractivity contribution in [1.29, 1.82) is 0 Å². The Bertz CT molecular complexity index is 736. The summed E-state index contributed by atoms with van der Waals surface area (Å²) in [5.74, 6) is 1.29. The molecule has 134 valence electrons. The van der Waals surface area contributed by atoms with Gasteiger partial charge in [-0.25, -0.2) is 0 Å². The molecule has 0 heterocycles. The summed E-state index contributed by atoms with van der Waals surface area (Å²) in [7, 11) is 3.21. The van der Waals surface area contributed by atoms with Crippen LogP contribution in [0.4, 0.5) is 5.69 Å². The normalized spacial score (nSPS) is 13.0. The van der Waals surface area contributed by atoms with Crippen molar-refractivity contribution in [3.05, 3.63) is 52.5 Å². The molecule has 0 radical (unpaired) electrons. The Morgan fingerprint density at radius 1 is 1.04 bits per heavy atom. The van der Waals surface area contributed by atoms with Gasteiger partial charge < -0.3 is 14.8 Å². The van der Waals surface area contributed by atoms with Gasteiger partial charge in [0.2, 0.25) is 5.91 Å². The average Bonchev–Trinajstić information content (AvgIpc) is 2.61. The molecule has 1 amide bonds. The second-order valence-corrected chi connectivity index (χ2v) is 6.55. The summed E-state index contributed by atoms with van der Waals surface area (Å²) in [5.41, 5.74) is 1.72. The maximum atomic E-state index is 12.5. The van der Waals surface area contributed by atoms with E-state index in [0.717, 1.165) is 15.8 Å². The van der Waals surface area contributed by atoms with Crippen LogP contribution in [0.2, 0.25) is 0 Å². The van der Waals surface area contributed by atoms with Gasteiger partial charge in [0, 0.05) is 6.04 Å². The van der Waals surface area contributed by atoms with Crippen LogP contribution in [0.5, 0.6) is 11.5 Å². The van der Waals surface area contributed by atoms with Crippen LogP contribution in [0.3, 0.4) is 0 Å². The van der Waals surface area contributed by atoms with Crippen molar-refractivity contribution in [3.8, 4) is 11.5 Å². The predicted octanol–water partition coefficient (Wildman–Crippen LogP) is 4.14. The molecule has 2 rings (SSSR count). The molecule has 2 atom stereocenters. The fourth-order valence-electron chi connectivity index (χ4n) is 2.49. The quantitative estimate of drug-likeness (QED) is 0.724. The lowest BCUT2D eigenvalue weighted by Crippen LogP contribution is -2.39. The number of hydrogen-bond donors (Lipinski definition) is 2. The number of nitrogens with one attached hydrogen (secondary N) is 2. The lowest BCUT2D eigenvalue weighted by Gasteiger charge is -2.21. The number of carbonyl (C=O) groups excluding carboxylic acids is 1. The minimum atomic E-state index is -0.374. The summed E-state index contributed by atoms with van der Waals surface area (Å²) < 4.78 is 11.4. The highest BCUT2D eigenvalue weighted by molar-refractivity contribution is 9.10. The van der Waals surface area contributed by atoms with Crippen molar-refractivity contribution in [2.24, 2.45) is 0 Å². The van der Waals surface area contributed by atoms with Gasteiger partial charge in [-0.2, -0.15) is 0 Å². The number of methoxy groups -OCH3 is 2. The summed E-state index contributed by atoms with van der Waals surface area (Å²) in [6.45, 7) is 3.85. The first kappa shape index (κ1) is 19.3. The molecule has 0 aliphatic rings. The van der Waals surface area contributed by atoms with Gasteiger partial charge in [-0.05, 0) is 59.6 Å². The average molecular weight is 407 g/mol. The van der Waals surface area contributed by atoms with Gasteiger partial charge in [-0.3, -0.25) is 10.1 Å². The molecule has 2 aromatic rings. The molecule has 25 heavy (non-hydrogen) atoms. The van der Waals surface area contributed by atoms with Crippen LogP contribution in [-0.4, -0.2) is 26.2 Å². The number of benzene rings is 2. The monoisotopic (exact) mass is 406 g/mol. The summed E-state index contributed by atoms with van der Waals surface area (Å²) in [4.78, 5) is 12.5. The van der Waals surface area contributed by atoms with Crippen LogP contribution in [0.1, 0.15) is 25.5 Å². The molecule has 0 spiro atoms. The zero-order chi connectivity index (χ0) is 18.4. The molecule has 2 N–H and O–H groups in total. The van der Waals surface area contributed by atoms with Crippen LogP contribution in [0.25, 0.3) is 0 Å². The second-order valence-electron chi connectivity index (χ2n) is 5.69. The van der Waals surface area contributed by atoms with Crippen molar-refractivity contribution in [1.82, 2.24) is 5.32 Å².